The topological polar surface area (TPSA) is 61.9 Å². The third-order valence-corrected chi connectivity index (χ3v) is 4.75. The van der Waals surface area contributed by atoms with E-state index in [0.717, 1.165) is 25.1 Å². The zero-order valence-electron chi connectivity index (χ0n) is 14.3. The fourth-order valence-electron chi connectivity index (χ4n) is 3.10. The fraction of sp³-hybridized carbons (Fsp3) is 0.250. The highest BCUT2D eigenvalue weighted by Crippen LogP contribution is 2.37. The van der Waals surface area contributed by atoms with Gasteiger partial charge in [-0.15, -0.1) is 0 Å². The van der Waals surface area contributed by atoms with Crippen molar-refractivity contribution in [1.82, 2.24) is 9.55 Å². The van der Waals surface area contributed by atoms with Crippen molar-refractivity contribution < 1.29 is 4.39 Å². The Kier molecular flexibility index (Phi) is 3.92. The van der Waals surface area contributed by atoms with Crippen LogP contribution in [0, 0.1) is 23.1 Å². The minimum absolute atomic E-state index is 0.151. The van der Waals surface area contributed by atoms with E-state index in [4.69, 9.17) is 0 Å². The molecule has 3 aromatic rings. The summed E-state index contributed by atoms with van der Waals surface area (Å²) in [7, 11) is 1.69. The smallest absolute Gasteiger partial charge is 0.252 e. The van der Waals surface area contributed by atoms with Crippen LogP contribution in [0.15, 0.2) is 47.3 Å². The summed E-state index contributed by atoms with van der Waals surface area (Å²) in [6, 6.07) is 13.2. The third-order valence-electron chi connectivity index (χ3n) is 4.75. The molecule has 0 aliphatic heterocycles. The first-order valence-electron chi connectivity index (χ1n) is 8.51. The lowest BCUT2D eigenvalue weighted by Gasteiger charge is -2.26. The Morgan fingerprint density at radius 1 is 1.27 bits per heavy atom. The van der Waals surface area contributed by atoms with Gasteiger partial charge in [0.1, 0.15) is 23.1 Å². The Bertz CT molecular complexity index is 1080. The molecule has 0 unspecified atom stereocenters. The van der Waals surface area contributed by atoms with E-state index in [0.29, 0.717) is 28.3 Å². The third kappa shape index (κ3) is 2.93. The van der Waals surface area contributed by atoms with E-state index < -0.39 is 0 Å². The summed E-state index contributed by atoms with van der Waals surface area (Å²) in [5.74, 6) is 0.233. The first kappa shape index (κ1) is 16.3. The van der Waals surface area contributed by atoms with Crippen LogP contribution in [0.25, 0.3) is 11.0 Å². The van der Waals surface area contributed by atoms with Crippen molar-refractivity contribution in [3.8, 4) is 6.07 Å². The summed E-state index contributed by atoms with van der Waals surface area (Å²) in [4.78, 5) is 18.9. The zero-order chi connectivity index (χ0) is 18.3. The van der Waals surface area contributed by atoms with Gasteiger partial charge in [0.15, 0.2) is 0 Å². The normalized spacial score (nSPS) is 13.6. The van der Waals surface area contributed by atoms with Crippen LogP contribution in [0.2, 0.25) is 0 Å². The first-order chi connectivity index (χ1) is 12.6. The Morgan fingerprint density at radius 3 is 2.65 bits per heavy atom. The van der Waals surface area contributed by atoms with Crippen LogP contribution in [0.5, 0.6) is 0 Å². The van der Waals surface area contributed by atoms with E-state index in [-0.39, 0.29) is 11.4 Å². The van der Waals surface area contributed by atoms with Gasteiger partial charge in [0.05, 0.1) is 11.2 Å². The van der Waals surface area contributed by atoms with Gasteiger partial charge in [-0.1, -0.05) is 0 Å². The molecule has 2 heterocycles. The quantitative estimate of drug-likeness (QED) is 0.724. The minimum Gasteiger partial charge on any atom is -0.339 e. The Hall–Kier alpha value is -3.20. The van der Waals surface area contributed by atoms with Gasteiger partial charge in [0.25, 0.3) is 5.56 Å². The van der Waals surface area contributed by atoms with Crippen molar-refractivity contribution in [2.75, 3.05) is 11.4 Å². The molecule has 26 heavy (non-hydrogen) atoms. The molecule has 1 aliphatic rings. The summed E-state index contributed by atoms with van der Waals surface area (Å²) in [5, 5.41) is 9.22. The average Bonchev–Trinajstić information content (AvgIpc) is 3.47. The van der Waals surface area contributed by atoms with Gasteiger partial charge >= 0.3 is 0 Å². The lowest BCUT2D eigenvalue weighted by molar-refractivity contribution is 0.627. The second-order valence-electron chi connectivity index (χ2n) is 6.63. The monoisotopic (exact) mass is 348 g/mol. The van der Waals surface area contributed by atoms with Crippen LogP contribution in [0.4, 0.5) is 15.8 Å². The molecule has 1 saturated carbocycles. The largest absolute Gasteiger partial charge is 0.339 e. The van der Waals surface area contributed by atoms with Gasteiger partial charge in [-0.3, -0.25) is 4.79 Å². The number of nitrogens with zero attached hydrogens (tertiary/aromatic N) is 4. The SMILES string of the molecule is Cn1c(=O)cc(N(CC2CC2)c2ccc(F)cc2)c2nc(C#N)ccc21. The van der Waals surface area contributed by atoms with E-state index in [1.807, 2.05) is 4.90 Å². The molecule has 0 spiro atoms. The van der Waals surface area contributed by atoms with Crippen LogP contribution >= 0.6 is 0 Å². The number of anilines is 2. The number of nitriles is 1. The zero-order valence-corrected chi connectivity index (χ0v) is 14.3. The fourth-order valence-corrected chi connectivity index (χ4v) is 3.10. The van der Waals surface area contributed by atoms with Crippen LogP contribution in [-0.2, 0) is 7.05 Å². The molecule has 0 radical (unpaired) electrons. The van der Waals surface area contributed by atoms with Crippen molar-refractivity contribution in [2.24, 2.45) is 13.0 Å². The molecular weight excluding hydrogens is 331 g/mol. The van der Waals surface area contributed by atoms with Gasteiger partial charge in [-0.05, 0) is 55.2 Å². The molecule has 2 aromatic heterocycles. The van der Waals surface area contributed by atoms with Crippen LogP contribution in [0.1, 0.15) is 18.5 Å². The first-order valence-corrected chi connectivity index (χ1v) is 8.51. The van der Waals surface area contributed by atoms with Crippen molar-refractivity contribution in [3.05, 3.63) is 64.3 Å². The van der Waals surface area contributed by atoms with Crippen LogP contribution in [0.3, 0.4) is 0 Å². The predicted molar refractivity (Wildman–Crippen MR) is 97.8 cm³/mol. The summed E-state index contributed by atoms with van der Waals surface area (Å²) < 4.78 is 14.9. The summed E-state index contributed by atoms with van der Waals surface area (Å²) in [6.45, 7) is 0.729. The van der Waals surface area contributed by atoms with Crippen LogP contribution < -0.4 is 10.5 Å². The number of rotatable bonds is 4. The van der Waals surface area contributed by atoms with Crippen molar-refractivity contribution in [1.29, 1.82) is 5.26 Å². The van der Waals surface area contributed by atoms with Crippen molar-refractivity contribution in [3.63, 3.8) is 0 Å². The summed E-state index contributed by atoms with van der Waals surface area (Å²) in [5.41, 5.74) is 2.85. The van der Waals surface area contributed by atoms with Gasteiger partial charge in [0.2, 0.25) is 0 Å². The van der Waals surface area contributed by atoms with E-state index in [2.05, 4.69) is 11.1 Å². The number of pyridine rings is 2. The Balaban J connectivity index is 1.96. The van der Waals surface area contributed by atoms with Gasteiger partial charge in [0, 0.05) is 25.3 Å². The van der Waals surface area contributed by atoms with E-state index in [1.54, 1.807) is 37.4 Å². The van der Waals surface area contributed by atoms with E-state index in [9.17, 15) is 14.4 Å². The maximum atomic E-state index is 13.4. The van der Waals surface area contributed by atoms with Gasteiger partial charge in [-0.25, -0.2) is 9.37 Å². The molecule has 1 aromatic carbocycles. The standard InChI is InChI=1S/C20H17FN4O/c1-24-17-9-6-15(11-22)23-20(17)18(10-19(24)26)25(12-13-2-3-13)16-7-4-14(21)5-8-16/h4-10,13H,2-3,12H2,1H3. The number of halogens is 1. The maximum Gasteiger partial charge on any atom is 0.252 e. The summed E-state index contributed by atoms with van der Waals surface area (Å²) >= 11 is 0. The van der Waals surface area contributed by atoms with Crippen molar-refractivity contribution in [2.45, 2.75) is 12.8 Å². The van der Waals surface area contributed by atoms with Crippen molar-refractivity contribution >= 4 is 22.4 Å². The molecule has 5 nitrogen and oxygen atoms in total. The highest BCUT2D eigenvalue weighted by molar-refractivity contribution is 5.91. The Labute approximate surface area is 149 Å². The molecule has 0 amide bonds. The molecule has 6 heteroatoms. The molecule has 0 N–H and O–H groups in total. The molecule has 130 valence electrons. The lowest BCUT2D eigenvalue weighted by atomic mass is 10.2. The molecular formula is C20H17FN4O. The molecule has 1 fully saturated rings. The highest BCUT2D eigenvalue weighted by atomic mass is 19.1. The van der Waals surface area contributed by atoms with Gasteiger partial charge in [-0.2, -0.15) is 5.26 Å². The second-order valence-corrected chi connectivity index (χ2v) is 6.63. The second kappa shape index (κ2) is 6.26. The molecule has 0 saturated heterocycles. The number of benzene rings is 1. The average molecular weight is 348 g/mol. The van der Waals surface area contributed by atoms with E-state index >= 15 is 0 Å². The maximum absolute atomic E-state index is 13.4. The van der Waals surface area contributed by atoms with E-state index in [1.165, 1.54) is 16.7 Å². The number of fused-ring (bicyclic) bond motifs is 1. The molecule has 0 bridgehead atoms. The number of aromatic nitrogens is 2. The predicted octanol–water partition coefficient (Wildman–Crippen LogP) is 3.49. The molecule has 0 atom stereocenters. The Morgan fingerprint density at radius 2 is 2.00 bits per heavy atom. The highest BCUT2D eigenvalue weighted by Gasteiger charge is 2.27. The number of hydrogen-bond donors (Lipinski definition) is 0. The minimum atomic E-state index is -0.307. The summed E-state index contributed by atoms with van der Waals surface area (Å²) in [6.07, 6.45) is 2.27. The number of aryl methyl sites for hydroxylation is 1. The molecule has 1 aliphatic carbocycles. The van der Waals surface area contributed by atoms with Gasteiger partial charge < -0.3 is 9.47 Å². The molecule has 4 rings (SSSR count). The lowest BCUT2D eigenvalue weighted by Crippen LogP contribution is -2.25. The van der Waals surface area contributed by atoms with Crippen LogP contribution in [-0.4, -0.2) is 16.1 Å². The number of hydrogen-bond acceptors (Lipinski definition) is 4.